The molecule has 3 unspecified atom stereocenters. The van der Waals surface area contributed by atoms with E-state index in [9.17, 15) is 15.3 Å². The summed E-state index contributed by atoms with van der Waals surface area (Å²) in [5, 5.41) is 21.5. The molecule has 0 saturated carbocycles. The van der Waals surface area contributed by atoms with Crippen molar-refractivity contribution in [3.8, 4) is 0 Å². The zero-order valence-electron chi connectivity index (χ0n) is 8.40. The number of nitrogens with zero attached hydrogens (tertiary/aromatic N) is 1. The van der Waals surface area contributed by atoms with Crippen LogP contribution in [0.2, 0.25) is 0 Å². The van der Waals surface area contributed by atoms with Crippen LogP contribution in [0, 0.1) is 15.3 Å². The lowest BCUT2D eigenvalue weighted by Gasteiger charge is -2.33. The van der Waals surface area contributed by atoms with Crippen LogP contribution in [0.1, 0.15) is 20.8 Å². The molecule has 14 heavy (non-hydrogen) atoms. The van der Waals surface area contributed by atoms with Gasteiger partial charge in [0.25, 0.3) is 0 Å². The minimum absolute atomic E-state index is 0.231. The van der Waals surface area contributed by atoms with Gasteiger partial charge in [-0.1, -0.05) is 0 Å². The Balaban J connectivity index is 3.02. The molecule has 1 fully saturated rings. The van der Waals surface area contributed by atoms with E-state index in [0.717, 1.165) is 0 Å². The van der Waals surface area contributed by atoms with Gasteiger partial charge in [-0.2, -0.15) is 10.1 Å². The first-order valence-corrected chi connectivity index (χ1v) is 4.34. The van der Waals surface area contributed by atoms with Gasteiger partial charge in [0.1, 0.15) is 0 Å². The summed E-state index contributed by atoms with van der Waals surface area (Å²) in [6.07, 6.45) is 0. The van der Waals surface area contributed by atoms with Crippen molar-refractivity contribution in [1.29, 1.82) is 0 Å². The summed E-state index contributed by atoms with van der Waals surface area (Å²) in [7, 11) is 0. The van der Waals surface area contributed by atoms with Crippen molar-refractivity contribution in [3.05, 3.63) is 15.3 Å². The number of quaternary nitrogens is 1. The Kier molecular flexibility index (Phi) is 2.77. The molecule has 7 nitrogen and oxygen atoms in total. The van der Waals surface area contributed by atoms with Gasteiger partial charge in [-0.05, 0) is 6.92 Å². The highest BCUT2D eigenvalue weighted by atomic mass is 16.9. The molecule has 0 aromatic rings. The highest BCUT2D eigenvalue weighted by Crippen LogP contribution is 2.28. The summed E-state index contributed by atoms with van der Waals surface area (Å²) in [6, 6.07) is 0. The fourth-order valence-electron chi connectivity index (χ4n) is 1.43. The molecule has 1 aliphatic rings. The molecule has 0 aliphatic carbocycles. The van der Waals surface area contributed by atoms with Crippen molar-refractivity contribution in [2.24, 2.45) is 0 Å². The number of nitro groups is 1. The Bertz CT molecular complexity index is 248. The minimum atomic E-state index is -1.50. The maximum Gasteiger partial charge on any atom is 0.330 e. The van der Waals surface area contributed by atoms with Crippen molar-refractivity contribution in [2.45, 2.75) is 32.0 Å². The number of ether oxygens (including phenoxy) is 1. The third-order valence-corrected chi connectivity index (χ3v) is 2.74. The lowest BCUT2D eigenvalue weighted by Crippen LogP contribution is -3.14. The summed E-state index contributed by atoms with van der Waals surface area (Å²) in [5.74, 6) is 0. The molecule has 0 aromatic heterocycles. The predicted octanol–water partition coefficient (Wildman–Crippen LogP) is -0.898. The van der Waals surface area contributed by atoms with E-state index in [1.54, 1.807) is 6.92 Å². The minimum Gasteiger partial charge on any atom is -0.597 e. The number of hydroxylamine groups is 2. The zero-order chi connectivity index (χ0) is 11.0. The normalized spacial score (nSPS) is 42.7. The molecule has 7 heteroatoms. The van der Waals surface area contributed by atoms with Gasteiger partial charge >= 0.3 is 11.3 Å². The lowest BCUT2D eigenvalue weighted by atomic mass is 9.93. The molecule has 1 N–H and O–H groups in total. The standard InChI is InChI=1S/C7H14N2O5/c1-4-13-7(3)6(2,8(10)11)5-14-9(7)12/h9H,4-5H2,1-3H3. The number of rotatable bonds is 3. The lowest BCUT2D eigenvalue weighted by molar-refractivity contribution is -1.09. The van der Waals surface area contributed by atoms with E-state index < -0.39 is 21.4 Å². The first kappa shape index (κ1) is 11.3. The van der Waals surface area contributed by atoms with Crippen molar-refractivity contribution < 1.29 is 19.7 Å². The molecular formula is C7H14N2O5. The van der Waals surface area contributed by atoms with Crippen LogP contribution in [0.25, 0.3) is 0 Å². The fraction of sp³-hybridized carbons (Fsp3) is 1.00. The summed E-state index contributed by atoms with van der Waals surface area (Å²) in [5.41, 5.74) is -2.98. The van der Waals surface area contributed by atoms with Crippen LogP contribution >= 0.6 is 0 Å². The van der Waals surface area contributed by atoms with Gasteiger partial charge in [0.15, 0.2) is 6.61 Å². The average Bonchev–Trinajstić information content (AvgIpc) is 2.32. The molecule has 0 spiro atoms. The Morgan fingerprint density at radius 3 is 2.64 bits per heavy atom. The Labute approximate surface area is 81.3 Å². The molecule has 0 radical (unpaired) electrons. The summed E-state index contributed by atoms with van der Waals surface area (Å²) >= 11 is 0. The molecule has 0 aromatic carbocycles. The molecule has 0 bridgehead atoms. The number of hydrogen-bond donors (Lipinski definition) is 1. The smallest absolute Gasteiger partial charge is 0.330 e. The quantitative estimate of drug-likeness (QED) is 0.367. The van der Waals surface area contributed by atoms with Crippen LogP contribution in [0.15, 0.2) is 0 Å². The van der Waals surface area contributed by atoms with Crippen molar-refractivity contribution >= 4 is 0 Å². The van der Waals surface area contributed by atoms with E-state index in [1.807, 2.05) is 0 Å². The van der Waals surface area contributed by atoms with E-state index in [-0.39, 0.29) is 13.2 Å². The molecule has 1 rings (SSSR count). The van der Waals surface area contributed by atoms with E-state index in [0.29, 0.717) is 0 Å². The van der Waals surface area contributed by atoms with Crippen LogP contribution in [-0.2, 0) is 9.57 Å². The third kappa shape index (κ3) is 1.29. The second-order valence-corrected chi connectivity index (χ2v) is 3.57. The van der Waals surface area contributed by atoms with Crippen molar-refractivity contribution in [3.63, 3.8) is 0 Å². The molecule has 82 valence electrons. The van der Waals surface area contributed by atoms with Gasteiger partial charge < -0.3 is 9.94 Å². The fourth-order valence-corrected chi connectivity index (χ4v) is 1.43. The predicted molar refractivity (Wildman–Crippen MR) is 45.7 cm³/mol. The number of nitrogens with one attached hydrogen (secondary N) is 1. The van der Waals surface area contributed by atoms with E-state index in [1.165, 1.54) is 13.8 Å². The molecule has 0 amide bonds. The average molecular weight is 206 g/mol. The first-order valence-electron chi connectivity index (χ1n) is 4.34. The SMILES string of the molecule is CCOC1(C)[NH+]([O-])OCC1(C)[N+](=O)[O-]. The Morgan fingerprint density at radius 2 is 2.21 bits per heavy atom. The van der Waals surface area contributed by atoms with Crippen LogP contribution < -0.4 is 5.23 Å². The van der Waals surface area contributed by atoms with Gasteiger partial charge in [0.2, 0.25) is 0 Å². The monoisotopic (exact) mass is 206 g/mol. The van der Waals surface area contributed by atoms with Gasteiger partial charge in [-0.3, -0.25) is 10.1 Å². The van der Waals surface area contributed by atoms with E-state index >= 15 is 0 Å². The topological polar surface area (TPSA) is 89.1 Å². The van der Waals surface area contributed by atoms with Crippen molar-refractivity contribution in [2.75, 3.05) is 13.2 Å². The first-order chi connectivity index (χ1) is 6.38. The second kappa shape index (κ2) is 3.43. The van der Waals surface area contributed by atoms with Gasteiger partial charge in [-0.25, -0.2) is 0 Å². The van der Waals surface area contributed by atoms with Crippen LogP contribution in [0.3, 0.4) is 0 Å². The maximum atomic E-state index is 11.4. The summed E-state index contributed by atoms with van der Waals surface area (Å²) < 4.78 is 5.16. The van der Waals surface area contributed by atoms with E-state index in [2.05, 4.69) is 0 Å². The second-order valence-electron chi connectivity index (χ2n) is 3.57. The summed E-state index contributed by atoms with van der Waals surface area (Å²) in [6.45, 7) is 4.42. The van der Waals surface area contributed by atoms with E-state index in [4.69, 9.17) is 9.57 Å². The molecule has 3 atom stereocenters. The highest BCUT2D eigenvalue weighted by molar-refractivity contribution is 4.89. The maximum absolute atomic E-state index is 11.4. The highest BCUT2D eigenvalue weighted by Gasteiger charge is 2.68. The van der Waals surface area contributed by atoms with Gasteiger partial charge in [-0.15, -0.1) is 0 Å². The van der Waals surface area contributed by atoms with Gasteiger partial charge in [0.05, 0.1) is 6.61 Å². The Hall–Kier alpha value is -0.760. The molecular weight excluding hydrogens is 192 g/mol. The number of hydrogen-bond acceptors (Lipinski definition) is 5. The van der Waals surface area contributed by atoms with Crippen molar-refractivity contribution in [1.82, 2.24) is 0 Å². The molecule has 1 saturated heterocycles. The molecule has 1 aliphatic heterocycles. The molecule has 1 heterocycles. The van der Waals surface area contributed by atoms with Crippen LogP contribution in [0.5, 0.6) is 0 Å². The summed E-state index contributed by atoms with van der Waals surface area (Å²) in [4.78, 5) is 15.0. The van der Waals surface area contributed by atoms with Crippen LogP contribution in [0.4, 0.5) is 0 Å². The van der Waals surface area contributed by atoms with Gasteiger partial charge in [0, 0.05) is 18.8 Å². The third-order valence-electron chi connectivity index (χ3n) is 2.74. The largest absolute Gasteiger partial charge is 0.597 e. The van der Waals surface area contributed by atoms with Crippen LogP contribution in [-0.4, -0.2) is 29.4 Å². The Morgan fingerprint density at radius 1 is 1.64 bits per heavy atom. The zero-order valence-corrected chi connectivity index (χ0v) is 8.40.